The molecule has 19 heavy (non-hydrogen) atoms. The molecule has 1 aliphatic rings. The van der Waals surface area contributed by atoms with Crippen LogP contribution in [0.1, 0.15) is 43.6 Å². The van der Waals surface area contributed by atoms with Crippen molar-refractivity contribution in [3.05, 3.63) is 24.0 Å². The van der Waals surface area contributed by atoms with E-state index in [0.717, 1.165) is 25.3 Å². The highest BCUT2D eigenvalue weighted by molar-refractivity contribution is 5.92. The van der Waals surface area contributed by atoms with Crippen molar-refractivity contribution in [2.75, 3.05) is 25.0 Å². The molecule has 1 aromatic heterocycles. The van der Waals surface area contributed by atoms with Gasteiger partial charge in [-0.05, 0) is 44.7 Å². The molecular weight excluding hydrogens is 238 g/mol. The molecule has 1 aliphatic carbocycles. The van der Waals surface area contributed by atoms with Crippen LogP contribution in [-0.2, 0) is 0 Å². The molecule has 1 saturated carbocycles. The second-order valence-electron chi connectivity index (χ2n) is 5.10. The molecule has 0 radical (unpaired) electrons. The van der Waals surface area contributed by atoms with Crippen LogP contribution in [-0.4, -0.2) is 35.4 Å². The number of hydrogen-bond donors (Lipinski definition) is 1. The largest absolute Gasteiger partial charge is 0.384 e. The predicted molar refractivity (Wildman–Crippen MR) is 77.3 cm³/mol. The molecule has 0 atom stereocenters. The zero-order valence-electron chi connectivity index (χ0n) is 11.9. The predicted octanol–water partition coefficient (Wildman–Crippen LogP) is 2.78. The van der Waals surface area contributed by atoms with Crippen molar-refractivity contribution in [2.24, 2.45) is 5.92 Å². The number of hydrogen-bond acceptors (Lipinski definition) is 3. The van der Waals surface area contributed by atoms with Crippen LogP contribution in [0.15, 0.2) is 18.3 Å². The molecule has 1 fully saturated rings. The molecule has 0 saturated heterocycles. The SMILES string of the molecule is CCNc1ccc(C(=O)N(CC)CC2CCC2)nc1. The fourth-order valence-corrected chi connectivity index (χ4v) is 2.33. The van der Waals surface area contributed by atoms with Gasteiger partial charge in [0.2, 0.25) is 0 Å². The Hall–Kier alpha value is -1.58. The first-order valence-electron chi connectivity index (χ1n) is 7.23. The maximum Gasteiger partial charge on any atom is 0.272 e. The van der Waals surface area contributed by atoms with Crippen molar-refractivity contribution in [1.29, 1.82) is 0 Å². The highest BCUT2D eigenvalue weighted by Crippen LogP contribution is 2.27. The quantitative estimate of drug-likeness (QED) is 0.856. The fraction of sp³-hybridized carbons (Fsp3) is 0.600. The average Bonchev–Trinajstić information content (AvgIpc) is 2.38. The van der Waals surface area contributed by atoms with E-state index in [1.54, 1.807) is 6.20 Å². The van der Waals surface area contributed by atoms with Gasteiger partial charge in [0.15, 0.2) is 0 Å². The molecule has 0 unspecified atom stereocenters. The Morgan fingerprint density at radius 1 is 1.42 bits per heavy atom. The van der Waals surface area contributed by atoms with Crippen molar-refractivity contribution in [3.63, 3.8) is 0 Å². The molecular formula is C15H23N3O. The normalized spacial score (nSPS) is 14.8. The summed E-state index contributed by atoms with van der Waals surface area (Å²) in [5, 5.41) is 3.18. The highest BCUT2D eigenvalue weighted by Gasteiger charge is 2.23. The number of anilines is 1. The number of pyridine rings is 1. The third kappa shape index (κ3) is 3.46. The van der Waals surface area contributed by atoms with Gasteiger partial charge in [0, 0.05) is 19.6 Å². The number of carbonyl (C=O) groups excluding carboxylic acids is 1. The first-order chi connectivity index (χ1) is 9.24. The first kappa shape index (κ1) is 13.8. The van der Waals surface area contributed by atoms with E-state index < -0.39 is 0 Å². The van der Waals surface area contributed by atoms with Gasteiger partial charge in [0.25, 0.3) is 5.91 Å². The molecule has 1 N–H and O–H groups in total. The van der Waals surface area contributed by atoms with Crippen LogP contribution >= 0.6 is 0 Å². The van der Waals surface area contributed by atoms with Crippen LogP contribution in [0, 0.1) is 5.92 Å². The maximum atomic E-state index is 12.4. The summed E-state index contributed by atoms with van der Waals surface area (Å²) >= 11 is 0. The summed E-state index contributed by atoms with van der Waals surface area (Å²) in [6, 6.07) is 3.73. The number of nitrogens with one attached hydrogen (secondary N) is 1. The summed E-state index contributed by atoms with van der Waals surface area (Å²) in [5.41, 5.74) is 1.50. The van der Waals surface area contributed by atoms with E-state index in [0.29, 0.717) is 11.6 Å². The Morgan fingerprint density at radius 3 is 2.68 bits per heavy atom. The Balaban J connectivity index is 1.99. The van der Waals surface area contributed by atoms with E-state index in [4.69, 9.17) is 0 Å². The standard InChI is InChI=1S/C15H23N3O/c1-3-16-13-8-9-14(17-10-13)15(19)18(4-2)11-12-6-5-7-12/h8-10,12,16H,3-7,11H2,1-2H3. The van der Waals surface area contributed by atoms with Crippen molar-refractivity contribution in [1.82, 2.24) is 9.88 Å². The lowest BCUT2D eigenvalue weighted by atomic mass is 9.85. The summed E-state index contributed by atoms with van der Waals surface area (Å²) in [7, 11) is 0. The second-order valence-corrected chi connectivity index (χ2v) is 5.10. The molecule has 0 aliphatic heterocycles. The van der Waals surface area contributed by atoms with Crippen LogP contribution in [0.4, 0.5) is 5.69 Å². The summed E-state index contributed by atoms with van der Waals surface area (Å²) < 4.78 is 0. The van der Waals surface area contributed by atoms with E-state index in [1.807, 2.05) is 30.9 Å². The monoisotopic (exact) mass is 261 g/mol. The summed E-state index contributed by atoms with van der Waals surface area (Å²) in [6.07, 6.45) is 5.56. The van der Waals surface area contributed by atoms with Gasteiger partial charge in [-0.25, -0.2) is 4.98 Å². The van der Waals surface area contributed by atoms with Gasteiger partial charge in [-0.2, -0.15) is 0 Å². The summed E-state index contributed by atoms with van der Waals surface area (Å²) in [5.74, 6) is 0.752. The fourth-order valence-electron chi connectivity index (χ4n) is 2.33. The Labute approximate surface area is 115 Å². The van der Waals surface area contributed by atoms with Gasteiger partial charge >= 0.3 is 0 Å². The van der Waals surface area contributed by atoms with Gasteiger partial charge in [-0.3, -0.25) is 4.79 Å². The minimum absolute atomic E-state index is 0.0532. The van der Waals surface area contributed by atoms with E-state index in [2.05, 4.69) is 10.3 Å². The van der Waals surface area contributed by atoms with Crippen molar-refractivity contribution < 1.29 is 4.79 Å². The molecule has 104 valence electrons. The highest BCUT2D eigenvalue weighted by atomic mass is 16.2. The second kappa shape index (κ2) is 6.55. The Morgan fingerprint density at radius 2 is 2.21 bits per heavy atom. The summed E-state index contributed by atoms with van der Waals surface area (Å²) in [6.45, 7) is 6.57. The van der Waals surface area contributed by atoms with Crippen LogP contribution in [0.2, 0.25) is 0 Å². The molecule has 1 heterocycles. The zero-order valence-corrected chi connectivity index (χ0v) is 11.9. The molecule has 0 bridgehead atoms. The molecule has 1 aromatic rings. The van der Waals surface area contributed by atoms with Crippen LogP contribution in [0.5, 0.6) is 0 Å². The molecule has 1 amide bonds. The average molecular weight is 261 g/mol. The van der Waals surface area contributed by atoms with Crippen LogP contribution in [0.3, 0.4) is 0 Å². The lowest BCUT2D eigenvalue weighted by Gasteiger charge is -2.31. The molecule has 4 heteroatoms. The van der Waals surface area contributed by atoms with Crippen molar-refractivity contribution in [3.8, 4) is 0 Å². The lowest BCUT2D eigenvalue weighted by Crippen LogP contribution is -2.37. The molecule has 0 aromatic carbocycles. The first-order valence-corrected chi connectivity index (χ1v) is 7.23. The third-order valence-corrected chi connectivity index (χ3v) is 3.74. The van der Waals surface area contributed by atoms with Gasteiger partial charge in [-0.1, -0.05) is 6.42 Å². The van der Waals surface area contributed by atoms with Gasteiger partial charge in [-0.15, -0.1) is 0 Å². The summed E-state index contributed by atoms with van der Waals surface area (Å²) in [4.78, 5) is 18.5. The topological polar surface area (TPSA) is 45.2 Å². The van der Waals surface area contributed by atoms with Crippen molar-refractivity contribution >= 4 is 11.6 Å². The van der Waals surface area contributed by atoms with Crippen LogP contribution < -0.4 is 5.32 Å². The van der Waals surface area contributed by atoms with Gasteiger partial charge in [0.05, 0.1) is 11.9 Å². The van der Waals surface area contributed by atoms with E-state index >= 15 is 0 Å². The Kier molecular flexibility index (Phi) is 4.77. The third-order valence-electron chi connectivity index (χ3n) is 3.74. The minimum Gasteiger partial charge on any atom is -0.384 e. The van der Waals surface area contributed by atoms with E-state index in [1.165, 1.54) is 19.3 Å². The zero-order chi connectivity index (χ0) is 13.7. The Bertz CT molecular complexity index is 412. The van der Waals surface area contributed by atoms with E-state index in [9.17, 15) is 4.79 Å². The molecule has 4 nitrogen and oxygen atoms in total. The number of nitrogens with zero attached hydrogens (tertiary/aromatic N) is 2. The molecule has 0 spiro atoms. The van der Waals surface area contributed by atoms with Gasteiger partial charge in [0.1, 0.15) is 5.69 Å². The smallest absolute Gasteiger partial charge is 0.272 e. The van der Waals surface area contributed by atoms with E-state index in [-0.39, 0.29) is 5.91 Å². The lowest BCUT2D eigenvalue weighted by molar-refractivity contribution is 0.0700. The van der Waals surface area contributed by atoms with Crippen LogP contribution in [0.25, 0.3) is 0 Å². The maximum absolute atomic E-state index is 12.4. The number of amides is 1. The number of aromatic nitrogens is 1. The van der Waals surface area contributed by atoms with Gasteiger partial charge < -0.3 is 10.2 Å². The minimum atomic E-state index is 0.0532. The van der Waals surface area contributed by atoms with Crippen molar-refractivity contribution in [2.45, 2.75) is 33.1 Å². The number of carbonyl (C=O) groups is 1. The number of rotatable bonds is 6. The molecule has 2 rings (SSSR count).